The lowest BCUT2D eigenvalue weighted by atomic mass is 10.00. The third-order valence-electron chi connectivity index (χ3n) is 3.58. The number of rotatable bonds is 7. The number of hydrogen-bond acceptors (Lipinski definition) is 4. The van der Waals surface area contributed by atoms with Crippen molar-refractivity contribution in [1.82, 2.24) is 0 Å². The first kappa shape index (κ1) is 14.7. The summed E-state index contributed by atoms with van der Waals surface area (Å²) >= 11 is 0. The van der Waals surface area contributed by atoms with Gasteiger partial charge in [-0.1, -0.05) is 27.2 Å². The van der Waals surface area contributed by atoms with E-state index in [9.17, 15) is 9.59 Å². The summed E-state index contributed by atoms with van der Waals surface area (Å²) in [5, 5.41) is 6.25. The molecule has 0 fully saturated rings. The Morgan fingerprint density at radius 3 is 2.17 bits per heavy atom. The van der Waals surface area contributed by atoms with Crippen LogP contribution in [0.25, 0.3) is 0 Å². The molecule has 0 amide bonds. The quantitative estimate of drug-likeness (QED) is 0.731. The molecule has 4 nitrogen and oxygen atoms in total. The molecule has 18 heavy (non-hydrogen) atoms. The van der Waals surface area contributed by atoms with Crippen molar-refractivity contribution in [3.63, 3.8) is 0 Å². The molecule has 0 aromatic heterocycles. The molecule has 0 saturated heterocycles. The van der Waals surface area contributed by atoms with Crippen molar-refractivity contribution in [1.29, 1.82) is 0 Å². The Kier molecular flexibility index (Phi) is 4.54. The molecule has 1 atom stereocenters. The number of nitrogens with one attached hydrogen (secondary N) is 2. The fourth-order valence-corrected chi connectivity index (χ4v) is 1.53. The van der Waals surface area contributed by atoms with Crippen molar-refractivity contribution in [2.45, 2.75) is 53.0 Å². The molecule has 102 valence electrons. The highest BCUT2D eigenvalue weighted by molar-refractivity contribution is 5.74. The molecular formula is C14H24N2O2. The third kappa shape index (κ3) is 3.12. The Labute approximate surface area is 108 Å². The van der Waals surface area contributed by atoms with Gasteiger partial charge >= 0.3 is 0 Å². The molecule has 1 rings (SSSR count). The fourth-order valence-electron chi connectivity index (χ4n) is 1.53. The predicted molar refractivity (Wildman–Crippen MR) is 77.3 cm³/mol. The molecule has 0 aliphatic heterocycles. The molecule has 0 spiro atoms. The maximum Gasteiger partial charge on any atom is 0.253 e. The largest absolute Gasteiger partial charge is 0.380 e. The van der Waals surface area contributed by atoms with E-state index in [1.807, 2.05) is 20.8 Å². The highest BCUT2D eigenvalue weighted by atomic mass is 16.2. The minimum atomic E-state index is -0.400. The standard InChI is InChI=1S/C14H24N2O2/c1-6-9(3)8-15-10-11(13(18)12(10)17)16-14(4,5)7-2/h9,15-16H,6-8H2,1-5H3. The number of anilines is 2. The SMILES string of the molecule is CCC(C)CNc1c(NC(C)(C)CC)c(=O)c1=O. The summed E-state index contributed by atoms with van der Waals surface area (Å²) in [5.41, 5.74) is -0.0532. The van der Waals surface area contributed by atoms with Gasteiger partial charge in [0.05, 0.1) is 0 Å². The summed E-state index contributed by atoms with van der Waals surface area (Å²) in [7, 11) is 0. The molecular weight excluding hydrogens is 228 g/mol. The van der Waals surface area contributed by atoms with E-state index in [2.05, 4.69) is 24.5 Å². The second-order valence-corrected chi connectivity index (χ2v) is 5.67. The van der Waals surface area contributed by atoms with Crippen molar-refractivity contribution < 1.29 is 0 Å². The molecule has 4 heteroatoms. The zero-order valence-electron chi connectivity index (χ0n) is 12.0. The number of hydrogen-bond donors (Lipinski definition) is 2. The smallest absolute Gasteiger partial charge is 0.253 e. The average Bonchev–Trinajstić information content (AvgIpc) is 2.36. The first-order valence-electron chi connectivity index (χ1n) is 6.67. The second-order valence-electron chi connectivity index (χ2n) is 5.67. The Morgan fingerprint density at radius 2 is 1.67 bits per heavy atom. The zero-order chi connectivity index (χ0) is 13.9. The van der Waals surface area contributed by atoms with E-state index in [-0.39, 0.29) is 5.54 Å². The van der Waals surface area contributed by atoms with Crippen LogP contribution in [0.15, 0.2) is 9.59 Å². The van der Waals surface area contributed by atoms with E-state index < -0.39 is 10.9 Å². The van der Waals surface area contributed by atoms with Gasteiger partial charge in [0.15, 0.2) is 0 Å². The molecule has 0 aliphatic carbocycles. The van der Waals surface area contributed by atoms with Gasteiger partial charge in [-0.05, 0) is 26.2 Å². The topological polar surface area (TPSA) is 58.2 Å². The van der Waals surface area contributed by atoms with Crippen molar-refractivity contribution >= 4 is 11.4 Å². The van der Waals surface area contributed by atoms with Gasteiger partial charge in [-0.25, -0.2) is 0 Å². The van der Waals surface area contributed by atoms with Crippen LogP contribution in [0.3, 0.4) is 0 Å². The van der Waals surface area contributed by atoms with Gasteiger partial charge in [0.25, 0.3) is 10.9 Å². The fraction of sp³-hybridized carbons (Fsp3) is 0.714. The van der Waals surface area contributed by atoms with E-state index in [4.69, 9.17) is 0 Å². The van der Waals surface area contributed by atoms with Crippen LogP contribution in [0.1, 0.15) is 47.5 Å². The van der Waals surface area contributed by atoms with Gasteiger partial charge in [-0.3, -0.25) is 9.59 Å². The summed E-state index contributed by atoms with van der Waals surface area (Å²) in [6.45, 7) is 11.0. The summed E-state index contributed by atoms with van der Waals surface area (Å²) in [5.74, 6) is 0.487. The first-order chi connectivity index (χ1) is 8.32. The Bertz CT molecular complexity index is 470. The zero-order valence-corrected chi connectivity index (χ0v) is 12.0. The molecule has 0 saturated carbocycles. The van der Waals surface area contributed by atoms with Gasteiger partial charge in [-0.15, -0.1) is 0 Å². The maximum absolute atomic E-state index is 11.6. The van der Waals surface area contributed by atoms with Gasteiger partial charge in [0, 0.05) is 12.1 Å². The molecule has 0 aliphatic rings. The predicted octanol–water partition coefficient (Wildman–Crippen LogP) is 2.34. The Balaban J connectivity index is 2.79. The normalized spacial score (nSPS) is 13.6. The van der Waals surface area contributed by atoms with Gasteiger partial charge in [-0.2, -0.15) is 0 Å². The Hall–Kier alpha value is -1.32. The van der Waals surface area contributed by atoms with Crippen molar-refractivity contribution in [2.24, 2.45) is 5.92 Å². The minimum absolute atomic E-state index is 0.172. The summed E-state index contributed by atoms with van der Waals surface area (Å²) in [6.07, 6.45) is 1.93. The first-order valence-corrected chi connectivity index (χ1v) is 6.67. The van der Waals surface area contributed by atoms with Crippen LogP contribution in [-0.2, 0) is 0 Å². The van der Waals surface area contributed by atoms with Crippen molar-refractivity contribution in [3.8, 4) is 0 Å². The highest BCUT2D eigenvalue weighted by Crippen LogP contribution is 2.21. The average molecular weight is 252 g/mol. The van der Waals surface area contributed by atoms with Gasteiger partial charge < -0.3 is 10.6 Å². The molecule has 0 radical (unpaired) electrons. The highest BCUT2D eigenvalue weighted by Gasteiger charge is 2.25. The van der Waals surface area contributed by atoms with Gasteiger partial charge in [0.2, 0.25) is 0 Å². The molecule has 0 heterocycles. The lowest BCUT2D eigenvalue weighted by Gasteiger charge is -2.28. The third-order valence-corrected chi connectivity index (χ3v) is 3.58. The van der Waals surface area contributed by atoms with E-state index in [0.29, 0.717) is 17.3 Å². The second kappa shape index (κ2) is 5.55. The summed E-state index contributed by atoms with van der Waals surface area (Å²) in [6, 6.07) is 0. The van der Waals surface area contributed by atoms with Crippen molar-refractivity contribution in [3.05, 3.63) is 20.4 Å². The van der Waals surface area contributed by atoms with Gasteiger partial charge in [0.1, 0.15) is 11.4 Å². The summed E-state index contributed by atoms with van der Waals surface area (Å²) < 4.78 is 0. The van der Waals surface area contributed by atoms with Crippen LogP contribution in [0, 0.1) is 5.92 Å². The molecule has 2 N–H and O–H groups in total. The monoisotopic (exact) mass is 252 g/mol. The van der Waals surface area contributed by atoms with E-state index in [1.54, 1.807) is 0 Å². The minimum Gasteiger partial charge on any atom is -0.380 e. The van der Waals surface area contributed by atoms with E-state index in [1.165, 1.54) is 0 Å². The van der Waals surface area contributed by atoms with Crippen LogP contribution in [-0.4, -0.2) is 12.1 Å². The van der Waals surface area contributed by atoms with E-state index in [0.717, 1.165) is 19.4 Å². The Morgan fingerprint density at radius 1 is 1.11 bits per heavy atom. The van der Waals surface area contributed by atoms with Crippen LogP contribution in [0.4, 0.5) is 11.4 Å². The molecule has 0 bridgehead atoms. The van der Waals surface area contributed by atoms with Crippen LogP contribution >= 0.6 is 0 Å². The molecule has 1 aromatic rings. The van der Waals surface area contributed by atoms with Crippen LogP contribution < -0.4 is 21.5 Å². The molecule has 1 aromatic carbocycles. The maximum atomic E-state index is 11.6. The lowest BCUT2D eigenvalue weighted by molar-refractivity contribution is 0.546. The lowest BCUT2D eigenvalue weighted by Crippen LogP contribution is -2.43. The molecule has 1 unspecified atom stereocenters. The van der Waals surface area contributed by atoms with Crippen LogP contribution in [0.2, 0.25) is 0 Å². The van der Waals surface area contributed by atoms with Crippen LogP contribution in [0.5, 0.6) is 0 Å². The van der Waals surface area contributed by atoms with Crippen molar-refractivity contribution in [2.75, 3.05) is 17.2 Å². The summed E-state index contributed by atoms with van der Waals surface area (Å²) in [4.78, 5) is 23.1. The van der Waals surface area contributed by atoms with E-state index >= 15 is 0 Å².